The van der Waals surface area contributed by atoms with Crippen LogP contribution in [0, 0.1) is 11.8 Å². The van der Waals surface area contributed by atoms with Gasteiger partial charge in [0.25, 0.3) is 5.56 Å². The monoisotopic (exact) mass is 450 g/mol. The molecule has 0 radical (unpaired) electrons. The van der Waals surface area contributed by atoms with Gasteiger partial charge in [-0.15, -0.1) is 0 Å². The van der Waals surface area contributed by atoms with Crippen molar-refractivity contribution >= 4 is 23.3 Å². The normalized spacial score (nSPS) is 14.9. The van der Waals surface area contributed by atoms with E-state index in [-0.39, 0.29) is 41.7 Å². The van der Waals surface area contributed by atoms with E-state index in [4.69, 9.17) is 5.73 Å². The number of aromatic amines is 1. The summed E-state index contributed by atoms with van der Waals surface area (Å²) in [5.74, 6) is -0.0205. The molecule has 1 aliphatic rings. The second-order valence-electron chi connectivity index (χ2n) is 9.15. The van der Waals surface area contributed by atoms with Crippen LogP contribution in [0.15, 0.2) is 9.59 Å². The summed E-state index contributed by atoms with van der Waals surface area (Å²) in [6, 6.07) is 0. The van der Waals surface area contributed by atoms with Gasteiger partial charge in [-0.3, -0.25) is 28.8 Å². The number of nitrogen functional groups attached to an aromatic ring is 1. The topological polar surface area (TPSA) is 125 Å². The standard InChI is InChI=1S/C22H38N6O4/c1-6-7-8-27(18-19(23)28(13-15(2)3)22(32)24-20(18)30)17(29)14-25-9-11-26(12-10-25)21(31)16(4)5/h15-16H,6-14,23H2,1-5H3,(H,24,30,32). The van der Waals surface area contributed by atoms with Crippen LogP contribution in [-0.2, 0) is 16.1 Å². The fourth-order valence-electron chi connectivity index (χ4n) is 3.83. The van der Waals surface area contributed by atoms with E-state index in [2.05, 4.69) is 4.98 Å². The maximum Gasteiger partial charge on any atom is 0.330 e. The minimum atomic E-state index is -0.649. The Hall–Kier alpha value is -2.62. The predicted octanol–water partition coefficient (Wildman–Crippen LogP) is 0.708. The first-order valence-electron chi connectivity index (χ1n) is 11.5. The molecule has 2 rings (SSSR count). The number of rotatable bonds is 9. The van der Waals surface area contributed by atoms with Gasteiger partial charge in [0.05, 0.1) is 6.54 Å². The lowest BCUT2D eigenvalue weighted by atomic mass is 10.1. The molecule has 0 spiro atoms. The number of carbonyl (C=O) groups is 2. The molecule has 0 saturated carbocycles. The van der Waals surface area contributed by atoms with Crippen molar-refractivity contribution < 1.29 is 9.59 Å². The number of nitrogens with zero attached hydrogens (tertiary/aromatic N) is 4. The Labute approximate surface area is 189 Å². The minimum Gasteiger partial charge on any atom is -0.383 e. The third-order valence-electron chi connectivity index (χ3n) is 5.60. The summed E-state index contributed by atoms with van der Waals surface area (Å²) in [4.78, 5) is 58.0. The van der Waals surface area contributed by atoms with Gasteiger partial charge in [0.1, 0.15) is 5.82 Å². The SMILES string of the molecule is CCCCN(C(=O)CN1CCN(C(=O)C(C)C)CC1)c1c(N)n(CC(C)C)c(=O)[nH]c1=O. The predicted molar refractivity (Wildman–Crippen MR) is 126 cm³/mol. The van der Waals surface area contributed by atoms with Gasteiger partial charge in [0.2, 0.25) is 11.8 Å². The van der Waals surface area contributed by atoms with Crippen molar-refractivity contribution in [2.24, 2.45) is 11.8 Å². The first-order chi connectivity index (χ1) is 15.1. The molecule has 0 aromatic carbocycles. The van der Waals surface area contributed by atoms with E-state index in [9.17, 15) is 19.2 Å². The number of H-pyrrole nitrogens is 1. The van der Waals surface area contributed by atoms with E-state index in [1.807, 2.05) is 44.4 Å². The molecular weight excluding hydrogens is 412 g/mol. The van der Waals surface area contributed by atoms with Gasteiger partial charge in [-0.25, -0.2) is 4.79 Å². The Bertz CT molecular complexity index is 912. The highest BCUT2D eigenvalue weighted by molar-refractivity contribution is 5.96. The van der Waals surface area contributed by atoms with Crippen LogP contribution in [0.4, 0.5) is 11.5 Å². The molecule has 10 nitrogen and oxygen atoms in total. The zero-order valence-corrected chi connectivity index (χ0v) is 20.0. The number of unbranched alkanes of at least 4 members (excludes halogenated alkanes) is 1. The van der Waals surface area contributed by atoms with Gasteiger partial charge in [0.15, 0.2) is 5.69 Å². The summed E-state index contributed by atoms with van der Waals surface area (Å²) in [6.45, 7) is 12.8. The molecule has 1 fully saturated rings. The van der Waals surface area contributed by atoms with Gasteiger partial charge in [-0.2, -0.15) is 0 Å². The highest BCUT2D eigenvalue weighted by Gasteiger charge is 2.28. The second kappa shape index (κ2) is 11.3. The van der Waals surface area contributed by atoms with E-state index >= 15 is 0 Å². The third kappa shape index (κ3) is 6.21. The Morgan fingerprint density at radius 1 is 1.09 bits per heavy atom. The number of carbonyl (C=O) groups excluding carboxylic acids is 2. The average Bonchev–Trinajstić information content (AvgIpc) is 2.73. The molecule has 1 aliphatic heterocycles. The van der Waals surface area contributed by atoms with Gasteiger partial charge in [-0.1, -0.05) is 41.0 Å². The zero-order chi connectivity index (χ0) is 24.0. The molecule has 0 unspecified atom stereocenters. The molecule has 0 aliphatic carbocycles. The number of nitrogens with one attached hydrogen (secondary N) is 1. The van der Waals surface area contributed by atoms with Crippen molar-refractivity contribution in [1.82, 2.24) is 19.4 Å². The number of anilines is 2. The Morgan fingerprint density at radius 3 is 2.25 bits per heavy atom. The third-order valence-corrected chi connectivity index (χ3v) is 5.60. The Morgan fingerprint density at radius 2 is 1.72 bits per heavy atom. The Balaban J connectivity index is 2.24. The lowest BCUT2D eigenvalue weighted by Gasteiger charge is -2.36. The molecule has 1 aromatic rings. The second-order valence-corrected chi connectivity index (χ2v) is 9.15. The smallest absolute Gasteiger partial charge is 0.330 e. The first-order valence-corrected chi connectivity index (χ1v) is 11.5. The van der Waals surface area contributed by atoms with Crippen molar-refractivity contribution in [3.05, 3.63) is 20.8 Å². The molecule has 2 heterocycles. The van der Waals surface area contributed by atoms with Crippen LogP contribution in [-0.4, -0.2) is 70.4 Å². The van der Waals surface area contributed by atoms with Crippen LogP contribution in [0.3, 0.4) is 0 Å². The van der Waals surface area contributed by atoms with E-state index in [1.54, 1.807) is 0 Å². The average molecular weight is 451 g/mol. The van der Waals surface area contributed by atoms with Crippen LogP contribution in [0.2, 0.25) is 0 Å². The number of piperazine rings is 1. The quantitative estimate of drug-likeness (QED) is 0.571. The van der Waals surface area contributed by atoms with Crippen molar-refractivity contribution in [2.75, 3.05) is 49.9 Å². The number of hydrogen-bond donors (Lipinski definition) is 2. The molecule has 1 aromatic heterocycles. The first kappa shape index (κ1) is 25.6. The van der Waals surface area contributed by atoms with Crippen molar-refractivity contribution in [3.8, 4) is 0 Å². The molecule has 10 heteroatoms. The largest absolute Gasteiger partial charge is 0.383 e. The Kier molecular flexibility index (Phi) is 9.06. The number of aromatic nitrogens is 2. The van der Waals surface area contributed by atoms with E-state index < -0.39 is 11.2 Å². The van der Waals surface area contributed by atoms with Crippen LogP contribution in [0.1, 0.15) is 47.5 Å². The van der Waals surface area contributed by atoms with Gasteiger partial charge in [-0.05, 0) is 12.3 Å². The van der Waals surface area contributed by atoms with Gasteiger partial charge < -0.3 is 15.5 Å². The summed E-state index contributed by atoms with van der Waals surface area (Å²) >= 11 is 0. The number of nitrogens with two attached hydrogens (primary N) is 1. The molecular formula is C22H38N6O4. The van der Waals surface area contributed by atoms with E-state index in [0.717, 1.165) is 6.42 Å². The van der Waals surface area contributed by atoms with Crippen LogP contribution in [0.5, 0.6) is 0 Å². The van der Waals surface area contributed by atoms with E-state index in [0.29, 0.717) is 45.7 Å². The summed E-state index contributed by atoms with van der Waals surface area (Å²) in [5.41, 5.74) is 5.07. The summed E-state index contributed by atoms with van der Waals surface area (Å²) in [6.07, 6.45) is 1.54. The lowest BCUT2D eigenvalue weighted by Crippen LogP contribution is -2.53. The van der Waals surface area contributed by atoms with Crippen LogP contribution < -0.4 is 21.9 Å². The maximum absolute atomic E-state index is 13.3. The molecule has 0 atom stereocenters. The molecule has 2 amide bonds. The van der Waals surface area contributed by atoms with Crippen molar-refractivity contribution in [3.63, 3.8) is 0 Å². The number of amides is 2. The summed E-state index contributed by atoms with van der Waals surface area (Å²) < 4.78 is 1.32. The summed E-state index contributed by atoms with van der Waals surface area (Å²) in [7, 11) is 0. The van der Waals surface area contributed by atoms with E-state index in [1.165, 1.54) is 9.47 Å². The lowest BCUT2D eigenvalue weighted by molar-refractivity contribution is -0.136. The zero-order valence-electron chi connectivity index (χ0n) is 20.0. The highest BCUT2D eigenvalue weighted by Crippen LogP contribution is 2.19. The fourth-order valence-corrected chi connectivity index (χ4v) is 3.83. The van der Waals surface area contributed by atoms with Crippen molar-refractivity contribution in [2.45, 2.75) is 54.0 Å². The summed E-state index contributed by atoms with van der Waals surface area (Å²) in [5, 5.41) is 0. The molecule has 180 valence electrons. The highest BCUT2D eigenvalue weighted by atomic mass is 16.2. The number of hydrogen-bond acceptors (Lipinski definition) is 6. The van der Waals surface area contributed by atoms with Crippen molar-refractivity contribution in [1.29, 1.82) is 0 Å². The van der Waals surface area contributed by atoms with Gasteiger partial charge >= 0.3 is 5.69 Å². The molecule has 32 heavy (non-hydrogen) atoms. The molecule has 0 bridgehead atoms. The minimum absolute atomic E-state index is 0.0178. The maximum atomic E-state index is 13.3. The molecule has 1 saturated heterocycles. The fraction of sp³-hybridized carbons (Fsp3) is 0.727. The van der Waals surface area contributed by atoms with Crippen LogP contribution >= 0.6 is 0 Å². The van der Waals surface area contributed by atoms with Crippen LogP contribution in [0.25, 0.3) is 0 Å². The molecule has 3 N–H and O–H groups in total. The van der Waals surface area contributed by atoms with Gasteiger partial charge in [0, 0.05) is 45.2 Å².